The smallest absolute Gasteiger partial charge is 0.281 e. The van der Waals surface area contributed by atoms with Crippen molar-refractivity contribution in [1.29, 1.82) is 0 Å². The van der Waals surface area contributed by atoms with Crippen molar-refractivity contribution < 1.29 is 19.1 Å². The van der Waals surface area contributed by atoms with Crippen LogP contribution in [-0.4, -0.2) is 30.6 Å². The molecular formula is C26H23N3O4S. The quantitative estimate of drug-likeness (QED) is 0.394. The molecule has 3 aromatic carbocycles. The topological polar surface area (TPSA) is 79.9 Å². The maximum atomic E-state index is 13.0. The van der Waals surface area contributed by atoms with Crippen LogP contribution in [0.5, 0.6) is 11.5 Å². The van der Waals surface area contributed by atoms with Gasteiger partial charge in [0.2, 0.25) is 0 Å². The first kappa shape index (κ1) is 23.0. The van der Waals surface area contributed by atoms with Crippen LogP contribution in [0.4, 0.5) is 11.4 Å². The van der Waals surface area contributed by atoms with E-state index in [2.05, 4.69) is 10.6 Å². The average Bonchev–Trinajstić information content (AvgIpc) is 3.11. The van der Waals surface area contributed by atoms with Crippen molar-refractivity contribution in [1.82, 2.24) is 5.32 Å². The number of ether oxygens (including phenoxy) is 2. The highest BCUT2D eigenvalue weighted by atomic mass is 32.1. The van der Waals surface area contributed by atoms with E-state index in [-0.39, 0.29) is 18.4 Å². The van der Waals surface area contributed by atoms with Crippen molar-refractivity contribution >= 4 is 46.6 Å². The summed E-state index contributed by atoms with van der Waals surface area (Å²) >= 11 is 5.40. The maximum absolute atomic E-state index is 13.0. The third kappa shape index (κ3) is 5.07. The van der Waals surface area contributed by atoms with Crippen molar-refractivity contribution in [3.63, 3.8) is 0 Å². The monoisotopic (exact) mass is 473 g/mol. The van der Waals surface area contributed by atoms with E-state index in [1.807, 2.05) is 49.4 Å². The first-order chi connectivity index (χ1) is 16.5. The summed E-state index contributed by atoms with van der Waals surface area (Å²) in [5.74, 6) is 0.322. The van der Waals surface area contributed by atoms with Crippen molar-refractivity contribution in [2.75, 3.05) is 23.9 Å². The Morgan fingerprint density at radius 1 is 1.06 bits per heavy atom. The van der Waals surface area contributed by atoms with Gasteiger partial charge in [-0.3, -0.25) is 14.5 Å². The van der Waals surface area contributed by atoms with E-state index in [4.69, 9.17) is 21.7 Å². The molecule has 0 bridgehead atoms. The summed E-state index contributed by atoms with van der Waals surface area (Å²) in [4.78, 5) is 26.7. The van der Waals surface area contributed by atoms with Crippen molar-refractivity contribution in [3.05, 3.63) is 89.6 Å². The van der Waals surface area contributed by atoms with Gasteiger partial charge in [0, 0.05) is 5.69 Å². The molecule has 0 saturated carbocycles. The second-order valence-corrected chi connectivity index (χ2v) is 7.92. The first-order valence-corrected chi connectivity index (χ1v) is 11.0. The van der Waals surface area contributed by atoms with Crippen LogP contribution in [0.3, 0.4) is 0 Å². The van der Waals surface area contributed by atoms with Gasteiger partial charge in [0.1, 0.15) is 5.70 Å². The van der Waals surface area contributed by atoms with Crippen LogP contribution in [-0.2, 0) is 9.59 Å². The zero-order chi connectivity index (χ0) is 24.1. The molecule has 1 aliphatic rings. The second-order valence-electron chi connectivity index (χ2n) is 7.53. The molecule has 3 aromatic rings. The summed E-state index contributed by atoms with van der Waals surface area (Å²) < 4.78 is 11.1. The Bertz CT molecular complexity index is 1270. The second kappa shape index (κ2) is 10.2. The molecule has 0 aromatic heterocycles. The van der Waals surface area contributed by atoms with Crippen molar-refractivity contribution in [2.45, 2.75) is 6.92 Å². The van der Waals surface area contributed by atoms with Crippen LogP contribution >= 0.6 is 12.2 Å². The largest absolute Gasteiger partial charge is 0.493 e. The van der Waals surface area contributed by atoms with Crippen LogP contribution in [0.2, 0.25) is 0 Å². The van der Waals surface area contributed by atoms with Crippen LogP contribution in [0, 0.1) is 6.92 Å². The molecule has 34 heavy (non-hydrogen) atoms. The zero-order valence-electron chi connectivity index (χ0n) is 18.7. The van der Waals surface area contributed by atoms with Crippen molar-refractivity contribution in [3.8, 4) is 11.5 Å². The molecule has 2 N–H and O–H groups in total. The summed E-state index contributed by atoms with van der Waals surface area (Å²) in [6, 6.07) is 21.9. The summed E-state index contributed by atoms with van der Waals surface area (Å²) in [5.41, 5.74) is 3.44. The highest BCUT2D eigenvalue weighted by Gasteiger charge is 2.32. The summed E-state index contributed by atoms with van der Waals surface area (Å²) in [6.45, 7) is 1.75. The number of thiocarbonyl (C=S) groups is 1. The SMILES string of the molecule is COc1cc(/C=C2/NC(=S)N(c3ccccc3C)C2=O)ccc1OCC(=O)Nc1ccccc1. The molecule has 0 spiro atoms. The summed E-state index contributed by atoms with van der Waals surface area (Å²) in [7, 11) is 1.51. The molecule has 1 heterocycles. The molecule has 1 aliphatic heterocycles. The first-order valence-electron chi connectivity index (χ1n) is 10.5. The predicted molar refractivity (Wildman–Crippen MR) is 136 cm³/mol. The lowest BCUT2D eigenvalue weighted by Gasteiger charge is -2.16. The highest BCUT2D eigenvalue weighted by Crippen LogP contribution is 2.30. The van der Waals surface area contributed by atoms with Gasteiger partial charge in [-0.25, -0.2) is 0 Å². The van der Waals surface area contributed by atoms with E-state index in [9.17, 15) is 9.59 Å². The number of hydrogen-bond donors (Lipinski definition) is 2. The molecule has 0 atom stereocenters. The van der Waals surface area contributed by atoms with E-state index in [0.29, 0.717) is 33.6 Å². The summed E-state index contributed by atoms with van der Waals surface area (Å²) in [5, 5.41) is 6.07. The Morgan fingerprint density at radius 3 is 2.53 bits per heavy atom. The van der Waals surface area contributed by atoms with Gasteiger partial charge in [0.15, 0.2) is 23.2 Å². The van der Waals surface area contributed by atoms with E-state index in [0.717, 1.165) is 11.3 Å². The fourth-order valence-electron chi connectivity index (χ4n) is 3.49. The molecule has 0 radical (unpaired) electrons. The molecular weight excluding hydrogens is 450 g/mol. The molecule has 2 amide bonds. The Hall–Kier alpha value is -4.17. The average molecular weight is 474 g/mol. The molecule has 0 unspecified atom stereocenters. The Kier molecular flexibility index (Phi) is 6.89. The lowest BCUT2D eigenvalue weighted by atomic mass is 10.1. The fraction of sp³-hybridized carbons (Fsp3) is 0.115. The van der Waals surface area contributed by atoms with Crippen LogP contribution in [0.15, 0.2) is 78.5 Å². The van der Waals surface area contributed by atoms with Gasteiger partial charge in [-0.15, -0.1) is 0 Å². The number of anilines is 2. The number of carbonyl (C=O) groups is 2. The van der Waals surface area contributed by atoms with Crippen molar-refractivity contribution in [2.24, 2.45) is 0 Å². The minimum Gasteiger partial charge on any atom is -0.493 e. The number of carbonyl (C=O) groups excluding carboxylic acids is 2. The van der Waals surface area contributed by atoms with Crippen LogP contribution in [0.25, 0.3) is 6.08 Å². The number of aryl methyl sites for hydroxylation is 1. The summed E-state index contributed by atoms with van der Waals surface area (Å²) in [6.07, 6.45) is 1.70. The Balaban J connectivity index is 1.47. The number of amides is 2. The molecule has 0 aliphatic carbocycles. The third-order valence-electron chi connectivity index (χ3n) is 5.15. The normalized spacial score (nSPS) is 14.2. The predicted octanol–water partition coefficient (Wildman–Crippen LogP) is 4.28. The number of para-hydroxylation sites is 2. The third-order valence-corrected chi connectivity index (χ3v) is 5.43. The zero-order valence-corrected chi connectivity index (χ0v) is 19.5. The Labute approximate surface area is 203 Å². The fourth-order valence-corrected chi connectivity index (χ4v) is 3.78. The van der Waals surface area contributed by atoms with E-state index >= 15 is 0 Å². The van der Waals surface area contributed by atoms with Gasteiger partial charge in [-0.05, 0) is 66.7 Å². The van der Waals surface area contributed by atoms with E-state index < -0.39 is 0 Å². The minimum absolute atomic E-state index is 0.175. The molecule has 1 saturated heterocycles. The lowest BCUT2D eigenvalue weighted by molar-refractivity contribution is -0.118. The van der Waals surface area contributed by atoms with Gasteiger partial charge in [-0.2, -0.15) is 0 Å². The van der Waals surface area contributed by atoms with Crippen LogP contribution < -0.4 is 25.0 Å². The van der Waals surface area contributed by atoms with Gasteiger partial charge in [0.05, 0.1) is 12.8 Å². The van der Waals surface area contributed by atoms with Gasteiger partial charge in [0.25, 0.3) is 11.8 Å². The van der Waals surface area contributed by atoms with Gasteiger partial charge in [-0.1, -0.05) is 42.5 Å². The highest BCUT2D eigenvalue weighted by molar-refractivity contribution is 7.80. The minimum atomic E-state index is -0.287. The molecule has 7 nitrogen and oxygen atoms in total. The number of hydrogen-bond acceptors (Lipinski definition) is 5. The lowest BCUT2D eigenvalue weighted by Crippen LogP contribution is -2.30. The number of methoxy groups -OCH3 is 1. The number of nitrogens with one attached hydrogen (secondary N) is 2. The number of rotatable bonds is 7. The van der Waals surface area contributed by atoms with E-state index in [1.165, 1.54) is 12.0 Å². The number of benzene rings is 3. The Morgan fingerprint density at radius 2 is 1.79 bits per heavy atom. The maximum Gasteiger partial charge on any atom is 0.281 e. The van der Waals surface area contributed by atoms with Gasteiger partial charge >= 0.3 is 0 Å². The van der Waals surface area contributed by atoms with Crippen LogP contribution in [0.1, 0.15) is 11.1 Å². The standard InChI is InChI=1S/C26H23N3O4S/c1-17-8-6-7-11-21(17)29-25(31)20(28-26(29)34)14-18-12-13-22(23(15-18)32-2)33-16-24(30)27-19-9-4-3-5-10-19/h3-15H,16H2,1-2H3,(H,27,30)(H,28,34)/b20-14+. The molecule has 1 fully saturated rings. The molecule has 8 heteroatoms. The molecule has 172 valence electrons. The molecule has 4 rings (SSSR count). The van der Waals surface area contributed by atoms with Gasteiger partial charge < -0.3 is 20.1 Å². The number of nitrogens with zero attached hydrogens (tertiary/aromatic N) is 1. The van der Waals surface area contributed by atoms with E-state index in [1.54, 1.807) is 36.4 Å².